The van der Waals surface area contributed by atoms with Crippen LogP contribution in [-0.2, 0) is 0 Å². The molecule has 2 heterocycles. The fraction of sp³-hybridized carbons (Fsp3) is 0.750. The van der Waals surface area contributed by atoms with E-state index in [2.05, 4.69) is 23.7 Å². The minimum atomic E-state index is 0.670. The first-order valence-corrected chi connectivity index (χ1v) is 7.34. The number of nitrogens with zero attached hydrogens (tertiary/aromatic N) is 2. The minimum absolute atomic E-state index is 0.670. The molecular weight excluding hydrogens is 240 g/mol. The molecule has 1 aromatic heterocycles. The molecule has 0 amide bonds. The Morgan fingerprint density at radius 3 is 2.94 bits per heavy atom. The molecule has 1 aliphatic rings. The average molecular weight is 259 g/mol. The van der Waals surface area contributed by atoms with E-state index in [0.29, 0.717) is 6.04 Å². The van der Waals surface area contributed by atoms with Gasteiger partial charge in [0, 0.05) is 23.3 Å². The second-order valence-electron chi connectivity index (χ2n) is 4.46. The van der Waals surface area contributed by atoms with E-state index in [1.165, 1.54) is 41.5 Å². The van der Waals surface area contributed by atoms with Gasteiger partial charge in [0.25, 0.3) is 0 Å². The van der Waals surface area contributed by atoms with Crippen molar-refractivity contribution in [2.75, 3.05) is 17.3 Å². The van der Waals surface area contributed by atoms with Gasteiger partial charge in [0.2, 0.25) is 0 Å². The van der Waals surface area contributed by atoms with E-state index >= 15 is 0 Å². The van der Waals surface area contributed by atoms with Gasteiger partial charge in [-0.05, 0) is 39.5 Å². The number of hydrogen-bond acceptors (Lipinski definition) is 3. The molecule has 0 radical (unpaired) electrons. The van der Waals surface area contributed by atoms with Crippen LogP contribution in [0.2, 0.25) is 0 Å². The van der Waals surface area contributed by atoms with E-state index in [4.69, 9.17) is 11.6 Å². The SMILES string of the molecule is Cc1nc(N2CCCC2CCCCl)sc1C. The Kier molecular flexibility index (Phi) is 4.09. The van der Waals surface area contributed by atoms with Gasteiger partial charge in [0.1, 0.15) is 0 Å². The molecule has 1 unspecified atom stereocenters. The number of alkyl halides is 1. The van der Waals surface area contributed by atoms with Crippen molar-refractivity contribution in [2.45, 2.75) is 45.6 Å². The van der Waals surface area contributed by atoms with E-state index in [1.54, 1.807) is 0 Å². The number of anilines is 1. The van der Waals surface area contributed by atoms with Crippen LogP contribution in [0, 0.1) is 13.8 Å². The quantitative estimate of drug-likeness (QED) is 0.765. The number of rotatable bonds is 4. The molecule has 0 aromatic carbocycles. The second kappa shape index (κ2) is 5.37. The van der Waals surface area contributed by atoms with Crippen LogP contribution >= 0.6 is 22.9 Å². The Balaban J connectivity index is 2.07. The maximum absolute atomic E-state index is 5.77. The third-order valence-electron chi connectivity index (χ3n) is 3.31. The average Bonchev–Trinajstić information content (AvgIpc) is 2.83. The summed E-state index contributed by atoms with van der Waals surface area (Å²) in [7, 11) is 0. The van der Waals surface area contributed by atoms with Crippen molar-refractivity contribution in [3.8, 4) is 0 Å². The topological polar surface area (TPSA) is 16.1 Å². The van der Waals surface area contributed by atoms with E-state index in [9.17, 15) is 0 Å². The maximum atomic E-state index is 5.77. The molecule has 0 N–H and O–H groups in total. The zero-order valence-corrected chi connectivity index (χ0v) is 11.6. The number of aromatic nitrogens is 1. The number of halogens is 1. The first-order chi connectivity index (χ1) is 7.72. The van der Waals surface area contributed by atoms with Gasteiger partial charge in [0.15, 0.2) is 5.13 Å². The Labute approximate surface area is 107 Å². The van der Waals surface area contributed by atoms with Crippen molar-refractivity contribution in [3.05, 3.63) is 10.6 Å². The van der Waals surface area contributed by atoms with E-state index in [-0.39, 0.29) is 0 Å². The Hall–Kier alpha value is -0.280. The molecule has 90 valence electrons. The first kappa shape index (κ1) is 12.2. The molecule has 1 aromatic rings. The summed E-state index contributed by atoms with van der Waals surface area (Å²) in [6.07, 6.45) is 4.92. The van der Waals surface area contributed by atoms with Crippen LogP contribution in [0.15, 0.2) is 0 Å². The monoisotopic (exact) mass is 258 g/mol. The number of aryl methyl sites for hydroxylation is 2. The molecule has 1 aliphatic heterocycles. The maximum Gasteiger partial charge on any atom is 0.186 e. The zero-order valence-electron chi connectivity index (χ0n) is 10.0. The molecule has 2 rings (SSSR count). The summed E-state index contributed by atoms with van der Waals surface area (Å²) in [5.74, 6) is 0.778. The molecule has 4 heteroatoms. The largest absolute Gasteiger partial charge is 0.345 e. The fourth-order valence-electron chi connectivity index (χ4n) is 2.28. The van der Waals surface area contributed by atoms with Crippen molar-refractivity contribution in [2.24, 2.45) is 0 Å². The van der Waals surface area contributed by atoms with Gasteiger partial charge in [-0.15, -0.1) is 22.9 Å². The molecule has 0 saturated carbocycles. The highest BCUT2D eigenvalue weighted by molar-refractivity contribution is 7.15. The highest BCUT2D eigenvalue weighted by Crippen LogP contribution is 2.32. The standard InChI is InChI=1S/C12H19ClN2S/c1-9-10(2)16-12(14-9)15-8-4-6-11(15)5-3-7-13/h11H,3-8H2,1-2H3. The minimum Gasteiger partial charge on any atom is -0.345 e. The Bertz CT molecular complexity index is 331. The van der Waals surface area contributed by atoms with Crippen molar-refractivity contribution in [1.82, 2.24) is 4.98 Å². The summed E-state index contributed by atoms with van der Waals surface area (Å²) in [5, 5.41) is 1.21. The lowest BCUT2D eigenvalue weighted by molar-refractivity contribution is 0.601. The molecule has 1 saturated heterocycles. The van der Waals surface area contributed by atoms with Gasteiger partial charge in [-0.3, -0.25) is 0 Å². The smallest absolute Gasteiger partial charge is 0.186 e. The summed E-state index contributed by atoms with van der Waals surface area (Å²) < 4.78 is 0. The van der Waals surface area contributed by atoms with Gasteiger partial charge in [-0.2, -0.15) is 0 Å². The van der Waals surface area contributed by atoms with Gasteiger partial charge in [-0.1, -0.05) is 0 Å². The van der Waals surface area contributed by atoms with Gasteiger partial charge >= 0.3 is 0 Å². The fourth-order valence-corrected chi connectivity index (χ4v) is 3.44. The van der Waals surface area contributed by atoms with Crippen LogP contribution in [-0.4, -0.2) is 23.5 Å². The van der Waals surface area contributed by atoms with Gasteiger partial charge in [-0.25, -0.2) is 4.98 Å². The predicted octanol–water partition coefficient (Wildman–Crippen LogP) is 3.75. The molecule has 16 heavy (non-hydrogen) atoms. The lowest BCUT2D eigenvalue weighted by Crippen LogP contribution is -2.29. The van der Waals surface area contributed by atoms with E-state index in [0.717, 1.165) is 12.3 Å². The molecule has 1 fully saturated rings. The van der Waals surface area contributed by atoms with Crippen LogP contribution in [0.1, 0.15) is 36.3 Å². The predicted molar refractivity (Wildman–Crippen MR) is 71.9 cm³/mol. The summed E-state index contributed by atoms with van der Waals surface area (Å²) in [6, 6.07) is 0.670. The van der Waals surface area contributed by atoms with E-state index < -0.39 is 0 Å². The van der Waals surface area contributed by atoms with Crippen molar-refractivity contribution in [3.63, 3.8) is 0 Å². The molecule has 0 spiro atoms. The first-order valence-electron chi connectivity index (χ1n) is 5.99. The van der Waals surface area contributed by atoms with Crippen LogP contribution in [0.4, 0.5) is 5.13 Å². The van der Waals surface area contributed by atoms with Crippen LogP contribution in [0.5, 0.6) is 0 Å². The molecule has 1 atom stereocenters. The van der Waals surface area contributed by atoms with Gasteiger partial charge < -0.3 is 4.90 Å². The zero-order chi connectivity index (χ0) is 11.5. The molecular formula is C12H19ClN2S. The third kappa shape index (κ3) is 2.51. The number of thiazole rings is 1. The molecule has 0 bridgehead atoms. The summed E-state index contributed by atoms with van der Waals surface area (Å²) in [6.45, 7) is 5.42. The van der Waals surface area contributed by atoms with Crippen molar-refractivity contribution >= 4 is 28.1 Å². The van der Waals surface area contributed by atoms with Crippen molar-refractivity contribution < 1.29 is 0 Å². The van der Waals surface area contributed by atoms with Crippen molar-refractivity contribution in [1.29, 1.82) is 0 Å². The normalized spacial score (nSPS) is 20.7. The summed E-state index contributed by atoms with van der Waals surface area (Å²) in [4.78, 5) is 8.49. The summed E-state index contributed by atoms with van der Waals surface area (Å²) in [5.41, 5.74) is 1.18. The van der Waals surface area contributed by atoms with Crippen LogP contribution in [0.3, 0.4) is 0 Å². The summed E-state index contributed by atoms with van der Waals surface area (Å²) >= 11 is 7.60. The molecule has 2 nitrogen and oxygen atoms in total. The second-order valence-corrected chi connectivity index (χ2v) is 6.02. The lowest BCUT2D eigenvalue weighted by Gasteiger charge is -2.23. The lowest BCUT2D eigenvalue weighted by atomic mass is 10.1. The molecule has 0 aliphatic carbocycles. The van der Waals surface area contributed by atoms with Crippen LogP contribution in [0.25, 0.3) is 0 Å². The number of hydrogen-bond donors (Lipinski definition) is 0. The Morgan fingerprint density at radius 1 is 1.50 bits per heavy atom. The van der Waals surface area contributed by atoms with Crippen LogP contribution < -0.4 is 4.90 Å². The van der Waals surface area contributed by atoms with Gasteiger partial charge in [0.05, 0.1) is 5.69 Å². The van der Waals surface area contributed by atoms with E-state index in [1.807, 2.05) is 11.3 Å². The highest BCUT2D eigenvalue weighted by Gasteiger charge is 2.26. The third-order valence-corrected chi connectivity index (χ3v) is 4.69. The highest BCUT2D eigenvalue weighted by atomic mass is 35.5. The Morgan fingerprint density at radius 2 is 2.31 bits per heavy atom.